The van der Waals surface area contributed by atoms with Crippen molar-refractivity contribution in [1.82, 2.24) is 68.5 Å². The Hall–Kier alpha value is -8.56. The zero-order valence-corrected chi connectivity index (χ0v) is 58.8. The van der Waals surface area contributed by atoms with Crippen LogP contribution in [0.1, 0.15) is 150 Å². The molecule has 0 unspecified atom stereocenters. The number of H-pyrrole nitrogens is 1. The van der Waals surface area contributed by atoms with Gasteiger partial charge >= 0.3 is 11.9 Å². The van der Waals surface area contributed by atoms with Gasteiger partial charge in [0.25, 0.3) is 0 Å². The number of hydrogen-bond donors (Lipinski definition) is 17. The molecule has 0 bridgehead atoms. The number of amides is 11. The molecule has 0 spiro atoms. The minimum absolute atomic E-state index is 0.0609. The predicted molar refractivity (Wildman–Crippen MR) is 369 cm³/mol. The Labute approximate surface area is 581 Å². The fourth-order valence-electron chi connectivity index (χ4n) is 11.0. The van der Waals surface area contributed by atoms with Gasteiger partial charge in [0.05, 0.1) is 36.3 Å². The lowest BCUT2D eigenvalue weighted by molar-refractivity contribution is -0.142. The Morgan fingerprint density at radius 2 is 1.31 bits per heavy atom. The molecule has 99 heavy (non-hydrogen) atoms. The van der Waals surface area contributed by atoms with E-state index in [4.69, 9.17) is 17.2 Å². The average Bonchev–Trinajstić information content (AvgIpc) is 1.81. The topological polar surface area (TPSA) is 514 Å². The van der Waals surface area contributed by atoms with E-state index in [2.05, 4.69) is 73.4 Å². The molecule has 15 atom stereocenters. The molecule has 20 N–H and O–H groups in total. The van der Waals surface area contributed by atoms with Gasteiger partial charge in [-0.1, -0.05) is 105 Å². The summed E-state index contributed by atoms with van der Waals surface area (Å²) in [5.41, 5.74) is 18.8. The number of carbonyl (C=O) groups excluding carboxylic acids is 11. The van der Waals surface area contributed by atoms with Crippen LogP contribution in [0.4, 0.5) is 0 Å². The molecule has 32 nitrogen and oxygen atoms in total. The number of rotatable bonds is 32. The summed E-state index contributed by atoms with van der Waals surface area (Å²) in [6.07, 6.45) is 1.69. The second-order valence-corrected chi connectivity index (χ2v) is 27.0. The summed E-state index contributed by atoms with van der Waals surface area (Å²) in [7, 11) is 0. The van der Waals surface area contributed by atoms with Crippen molar-refractivity contribution in [2.45, 2.75) is 224 Å². The maximum Gasteiger partial charge on any atom is 0.305 e. The molecule has 550 valence electrons. The first-order valence-corrected chi connectivity index (χ1v) is 35.1. The Balaban J connectivity index is 1.75. The maximum absolute atomic E-state index is 14.9. The van der Waals surface area contributed by atoms with Gasteiger partial charge in [-0.15, -0.1) is 11.8 Å². The van der Waals surface area contributed by atoms with E-state index in [0.29, 0.717) is 34.9 Å². The maximum atomic E-state index is 14.9. The van der Waals surface area contributed by atoms with Gasteiger partial charge in [0.1, 0.15) is 54.4 Å². The molecular weight excluding hydrogens is 1300 g/mol. The number of thioether (sulfide) groups is 1. The smallest absolute Gasteiger partial charge is 0.305 e. The number of benzene rings is 1. The van der Waals surface area contributed by atoms with Crippen LogP contribution in [0.15, 0.2) is 47.8 Å². The lowest BCUT2D eigenvalue weighted by atomic mass is 9.96. The van der Waals surface area contributed by atoms with E-state index in [0.717, 1.165) is 6.42 Å². The first-order valence-electron chi connectivity index (χ1n) is 34.1. The SMILES string of the molecule is CC[C@H](C)[C@H](N)C1=N[C@H](C(=O)N[C@@H](CC(C)C)C(=O)N[C@H](CCC(=O)O)CN[C@H](C(=O)N[C@H]2CCCCNC(=O)[C@H](CC(N)=O)NC(=O)[C@@H](CC(=O)O)NC(=O)[C@H](Cc3cnc[nH]3)NC(=O)[C@@H](Cc3ccccc3)NC(=O)[C@H]([C@@H](C)CC)NC(=O)[C@@H](CCCN)NC2=O)[C@@H](C)CC)CS1. The van der Waals surface area contributed by atoms with Gasteiger partial charge in [-0.3, -0.25) is 67.3 Å². The van der Waals surface area contributed by atoms with Crippen LogP contribution in [0.5, 0.6) is 0 Å². The number of carboxylic acid groups (broad SMARTS) is 2. The van der Waals surface area contributed by atoms with Crippen LogP contribution in [0.3, 0.4) is 0 Å². The number of hydrogen-bond acceptors (Lipinski definition) is 19. The summed E-state index contributed by atoms with van der Waals surface area (Å²) in [4.78, 5) is 192. The van der Waals surface area contributed by atoms with Gasteiger partial charge < -0.3 is 90.9 Å². The molecule has 1 aromatic heterocycles. The Bertz CT molecular complexity index is 3070. The number of aromatic amines is 1. The van der Waals surface area contributed by atoms with E-state index in [1.54, 1.807) is 51.1 Å². The zero-order valence-electron chi connectivity index (χ0n) is 58.0. The normalized spacial score (nSPS) is 23.3. The number of imidazole rings is 1. The van der Waals surface area contributed by atoms with Gasteiger partial charge in [0.2, 0.25) is 65.0 Å². The highest BCUT2D eigenvalue weighted by atomic mass is 32.2. The molecule has 11 amide bonds. The lowest BCUT2D eigenvalue weighted by Crippen LogP contribution is -2.62. The molecule has 1 fully saturated rings. The first-order chi connectivity index (χ1) is 47.0. The monoisotopic (exact) mass is 1410 g/mol. The summed E-state index contributed by atoms with van der Waals surface area (Å²) >= 11 is 1.39. The second kappa shape index (κ2) is 42.4. The minimum Gasteiger partial charge on any atom is -0.481 e. The first kappa shape index (κ1) is 82.9. The highest BCUT2D eigenvalue weighted by molar-refractivity contribution is 8.14. The van der Waals surface area contributed by atoms with Crippen LogP contribution in [0.2, 0.25) is 0 Å². The number of carbonyl (C=O) groups is 13. The number of nitrogens with two attached hydrogens (primary N) is 3. The summed E-state index contributed by atoms with van der Waals surface area (Å²) in [6.45, 7) is 14.5. The van der Waals surface area contributed by atoms with Crippen molar-refractivity contribution >= 4 is 93.7 Å². The number of aromatic nitrogens is 2. The van der Waals surface area contributed by atoms with Crippen LogP contribution in [0, 0.1) is 23.7 Å². The largest absolute Gasteiger partial charge is 0.481 e. The third kappa shape index (κ3) is 28.3. The lowest BCUT2D eigenvalue weighted by Gasteiger charge is -2.31. The van der Waals surface area contributed by atoms with Crippen LogP contribution in [-0.2, 0) is 75.2 Å². The molecule has 0 radical (unpaired) electrons. The number of nitrogens with zero attached hydrogens (tertiary/aromatic N) is 2. The predicted octanol–water partition coefficient (Wildman–Crippen LogP) is -1.20. The molecule has 2 aromatic rings. The third-order valence-electron chi connectivity index (χ3n) is 17.5. The number of primary amides is 1. The van der Waals surface area contributed by atoms with Crippen LogP contribution in [0.25, 0.3) is 0 Å². The fraction of sp³-hybridized carbons (Fsp3) is 0.652. The van der Waals surface area contributed by atoms with E-state index >= 15 is 0 Å². The highest BCUT2D eigenvalue weighted by Gasteiger charge is 2.39. The van der Waals surface area contributed by atoms with Crippen LogP contribution >= 0.6 is 11.8 Å². The van der Waals surface area contributed by atoms with Crippen molar-refractivity contribution in [2.75, 3.05) is 25.4 Å². The molecule has 1 saturated heterocycles. The number of nitrogens with one attached hydrogen (secondary N) is 12. The summed E-state index contributed by atoms with van der Waals surface area (Å²) in [5, 5.41) is 50.4. The van der Waals surface area contributed by atoms with Crippen molar-refractivity contribution in [3.63, 3.8) is 0 Å². The molecule has 2 aliphatic heterocycles. The Morgan fingerprint density at radius 1 is 0.697 bits per heavy atom. The molecule has 0 saturated carbocycles. The zero-order chi connectivity index (χ0) is 73.5. The van der Waals surface area contributed by atoms with Crippen molar-refractivity contribution < 1.29 is 72.5 Å². The molecule has 2 aliphatic rings. The van der Waals surface area contributed by atoms with Gasteiger partial charge in [-0.25, -0.2) is 4.98 Å². The van der Waals surface area contributed by atoms with E-state index in [1.807, 2.05) is 34.6 Å². The van der Waals surface area contributed by atoms with Crippen molar-refractivity contribution in [3.8, 4) is 0 Å². The van der Waals surface area contributed by atoms with Crippen molar-refractivity contribution in [1.29, 1.82) is 0 Å². The highest BCUT2D eigenvalue weighted by Crippen LogP contribution is 2.25. The van der Waals surface area contributed by atoms with E-state index in [9.17, 15) is 72.5 Å². The second-order valence-electron chi connectivity index (χ2n) is 26.0. The Morgan fingerprint density at radius 3 is 1.91 bits per heavy atom. The summed E-state index contributed by atoms with van der Waals surface area (Å²) < 4.78 is 0. The standard InChI is InChI=1S/C66H105N17O15S/c1-9-36(6)53(69)66-82-49(33-99-66)63(96)77-44(26-35(4)5)59(92)74-40(22-23-51(85)86)32-72-54(37(7)10-2)64(97)76-42-20-15-16-25-71-56(89)47(29-50(68)84)79-62(95)48(30-52(87)88)80-61(94)46(28-41-31-70-34-73-41)78-60(93)45(27-39-18-13-12-14-19-39)81-65(98)55(38(8)11-3)83-58(91)43(21-17-24-67)75-57(42)90/h12-14,18-19,31,34-38,40,42-49,53-55,72H,9-11,15-17,20-30,32-33,67,69H2,1-8H3,(H2,68,84)(H,70,73)(H,71,89)(H,74,92)(H,75,90)(H,76,97)(H,77,96)(H,78,93)(H,79,95)(H,80,94)(H,81,98)(H,83,91)(H,85,86)(H,87,88)/t36-,37-,38-,40+,42-,43+,44-,45+,46-,47-,48+,49-,53-,54-,55-/m0/s1. The summed E-state index contributed by atoms with van der Waals surface area (Å²) in [6, 6.07) is -6.65. The van der Waals surface area contributed by atoms with Gasteiger partial charge in [0.15, 0.2) is 0 Å². The minimum atomic E-state index is -1.92. The molecule has 4 rings (SSSR count). The fourth-order valence-corrected chi connectivity index (χ4v) is 12.2. The van der Waals surface area contributed by atoms with Gasteiger partial charge in [-0.2, -0.15) is 0 Å². The molecular formula is C66H105N17O15S. The van der Waals surface area contributed by atoms with Crippen LogP contribution < -0.4 is 75.7 Å². The van der Waals surface area contributed by atoms with Gasteiger partial charge in [-0.05, 0) is 80.7 Å². The number of aliphatic carboxylic acids is 2. The van der Waals surface area contributed by atoms with Gasteiger partial charge in [0, 0.05) is 56.0 Å². The van der Waals surface area contributed by atoms with Crippen molar-refractivity contribution in [2.24, 2.45) is 45.9 Å². The molecule has 33 heteroatoms. The summed E-state index contributed by atoms with van der Waals surface area (Å²) in [5.74, 6) is -13.0. The average molecular weight is 1410 g/mol. The van der Waals surface area contributed by atoms with E-state index < -0.39 is 168 Å². The molecule has 3 heterocycles. The number of aliphatic imine (C=N–C) groups is 1. The van der Waals surface area contributed by atoms with Crippen LogP contribution in [-0.4, -0.2) is 200 Å². The third-order valence-corrected chi connectivity index (χ3v) is 18.7. The quantitative estimate of drug-likeness (QED) is 0.0409. The Kier molecular flexibility index (Phi) is 35.5. The van der Waals surface area contributed by atoms with E-state index in [1.165, 1.54) is 24.3 Å². The van der Waals surface area contributed by atoms with Crippen molar-refractivity contribution in [3.05, 3.63) is 54.1 Å². The van der Waals surface area contributed by atoms with E-state index in [-0.39, 0.29) is 102 Å². The number of carboxylic acids is 2. The molecule has 0 aliphatic carbocycles. The molecule has 1 aromatic carbocycles.